The number of anilines is 1. The number of alkyl halides is 1. The van der Waals surface area contributed by atoms with Crippen molar-refractivity contribution in [2.75, 3.05) is 10.6 Å². The number of carbonyl (C=O) groups excluding carboxylic acids is 2. The van der Waals surface area contributed by atoms with Crippen LogP contribution in [0.5, 0.6) is 11.5 Å². The van der Waals surface area contributed by atoms with Crippen molar-refractivity contribution in [3.63, 3.8) is 0 Å². The van der Waals surface area contributed by atoms with Crippen molar-refractivity contribution in [1.29, 1.82) is 0 Å². The first-order valence-corrected chi connectivity index (χ1v) is 10.4. The standard InChI is InChI=1S/C22H13BrN4O4/c23-11-20(28)25-12-5-7-16-18(9-12)30-19-10-13(26-27-24)6-8-17(19)22(16)15-4-2-1-3-14(15)21(29)31-22/h1-10H,11H2,(H,25,28). The number of nitrogens with zero attached hydrogens (tertiary/aromatic N) is 3. The van der Waals surface area contributed by atoms with Gasteiger partial charge >= 0.3 is 5.97 Å². The summed E-state index contributed by atoms with van der Waals surface area (Å²) in [5, 5.41) is 6.56. The van der Waals surface area contributed by atoms with E-state index in [0.717, 1.165) is 0 Å². The third-order valence-corrected chi connectivity index (χ3v) is 5.77. The van der Waals surface area contributed by atoms with Gasteiger partial charge in [-0.05, 0) is 29.8 Å². The molecule has 1 atom stereocenters. The van der Waals surface area contributed by atoms with E-state index in [1.165, 1.54) is 0 Å². The van der Waals surface area contributed by atoms with Crippen LogP contribution in [-0.4, -0.2) is 17.2 Å². The molecule has 2 aliphatic rings. The fourth-order valence-corrected chi connectivity index (χ4v) is 4.19. The van der Waals surface area contributed by atoms with Crippen LogP contribution in [-0.2, 0) is 15.1 Å². The van der Waals surface area contributed by atoms with E-state index >= 15 is 0 Å². The van der Waals surface area contributed by atoms with Crippen LogP contribution < -0.4 is 10.1 Å². The summed E-state index contributed by atoms with van der Waals surface area (Å²) in [5.74, 6) is 0.160. The van der Waals surface area contributed by atoms with Crippen molar-refractivity contribution in [3.05, 3.63) is 93.4 Å². The number of azide groups is 1. The number of carbonyl (C=O) groups is 2. The summed E-state index contributed by atoms with van der Waals surface area (Å²) < 4.78 is 12.2. The molecule has 0 saturated heterocycles. The average Bonchev–Trinajstić information content (AvgIpc) is 3.07. The Morgan fingerprint density at radius 2 is 1.81 bits per heavy atom. The molecule has 0 radical (unpaired) electrons. The normalized spacial score (nSPS) is 17.5. The molecule has 5 rings (SSSR count). The lowest BCUT2D eigenvalue weighted by atomic mass is 9.77. The van der Waals surface area contributed by atoms with Crippen LogP contribution in [0.3, 0.4) is 0 Å². The number of ether oxygens (including phenoxy) is 2. The van der Waals surface area contributed by atoms with E-state index in [9.17, 15) is 9.59 Å². The molecule has 0 fully saturated rings. The van der Waals surface area contributed by atoms with Crippen molar-refractivity contribution < 1.29 is 19.1 Å². The number of hydrogen-bond acceptors (Lipinski definition) is 5. The van der Waals surface area contributed by atoms with Gasteiger partial charge in [-0.15, -0.1) is 0 Å². The molecule has 1 unspecified atom stereocenters. The van der Waals surface area contributed by atoms with Gasteiger partial charge in [0.1, 0.15) is 11.5 Å². The van der Waals surface area contributed by atoms with Crippen LogP contribution in [0, 0.1) is 0 Å². The van der Waals surface area contributed by atoms with Crippen LogP contribution in [0.25, 0.3) is 10.4 Å². The second kappa shape index (κ2) is 7.16. The van der Waals surface area contributed by atoms with Crippen LogP contribution in [0.2, 0.25) is 0 Å². The van der Waals surface area contributed by atoms with Gasteiger partial charge in [0.2, 0.25) is 5.91 Å². The van der Waals surface area contributed by atoms with Gasteiger partial charge in [-0.3, -0.25) is 4.79 Å². The molecule has 1 amide bonds. The van der Waals surface area contributed by atoms with Gasteiger partial charge in [-0.2, -0.15) is 0 Å². The van der Waals surface area contributed by atoms with Crippen LogP contribution in [0.4, 0.5) is 11.4 Å². The summed E-state index contributed by atoms with van der Waals surface area (Å²) in [6.07, 6.45) is 0. The lowest BCUT2D eigenvalue weighted by molar-refractivity contribution is -0.113. The lowest BCUT2D eigenvalue weighted by Gasteiger charge is -2.36. The molecule has 3 aromatic rings. The van der Waals surface area contributed by atoms with Crippen molar-refractivity contribution >= 4 is 39.2 Å². The topological polar surface area (TPSA) is 113 Å². The number of nitrogens with one attached hydrogen (secondary N) is 1. The number of esters is 1. The Bertz CT molecular complexity index is 1320. The molecule has 0 bridgehead atoms. The predicted octanol–water partition coefficient (Wildman–Crippen LogP) is 5.53. The minimum atomic E-state index is -1.22. The number of amides is 1. The Morgan fingerprint density at radius 1 is 1.06 bits per heavy atom. The second-order valence-electron chi connectivity index (χ2n) is 6.98. The van der Waals surface area contributed by atoms with Crippen molar-refractivity contribution in [3.8, 4) is 11.5 Å². The minimum absolute atomic E-state index is 0.151. The molecular formula is C22H13BrN4O4. The van der Waals surface area contributed by atoms with Gasteiger partial charge in [0.15, 0.2) is 5.60 Å². The van der Waals surface area contributed by atoms with E-state index in [0.29, 0.717) is 45.1 Å². The predicted molar refractivity (Wildman–Crippen MR) is 116 cm³/mol. The summed E-state index contributed by atoms with van der Waals surface area (Å²) in [4.78, 5) is 27.4. The Hall–Kier alpha value is -3.81. The van der Waals surface area contributed by atoms with Crippen LogP contribution in [0.15, 0.2) is 65.8 Å². The molecular weight excluding hydrogens is 464 g/mol. The van der Waals surface area contributed by atoms with Crippen LogP contribution >= 0.6 is 15.9 Å². The lowest BCUT2D eigenvalue weighted by Crippen LogP contribution is -2.33. The van der Waals surface area contributed by atoms with Crippen molar-refractivity contribution in [2.24, 2.45) is 5.11 Å². The smallest absolute Gasteiger partial charge is 0.340 e. The summed E-state index contributed by atoms with van der Waals surface area (Å²) >= 11 is 3.12. The second-order valence-corrected chi connectivity index (χ2v) is 7.54. The molecule has 1 N–H and O–H groups in total. The highest BCUT2D eigenvalue weighted by atomic mass is 79.9. The Kier molecular flexibility index (Phi) is 4.43. The minimum Gasteiger partial charge on any atom is -0.456 e. The molecule has 31 heavy (non-hydrogen) atoms. The molecule has 2 heterocycles. The zero-order valence-electron chi connectivity index (χ0n) is 15.8. The maximum Gasteiger partial charge on any atom is 0.340 e. The first kappa shape index (κ1) is 19.2. The van der Waals surface area contributed by atoms with E-state index in [-0.39, 0.29) is 11.2 Å². The first-order valence-electron chi connectivity index (χ1n) is 9.27. The van der Waals surface area contributed by atoms with Gasteiger partial charge in [0.25, 0.3) is 0 Å². The molecule has 3 aromatic carbocycles. The largest absolute Gasteiger partial charge is 0.456 e. The van der Waals surface area contributed by atoms with Gasteiger partial charge in [-0.1, -0.05) is 51.4 Å². The molecule has 0 aromatic heterocycles. The Morgan fingerprint density at radius 3 is 2.58 bits per heavy atom. The summed E-state index contributed by atoms with van der Waals surface area (Å²) in [7, 11) is 0. The molecule has 0 aliphatic carbocycles. The molecule has 2 aliphatic heterocycles. The maximum absolute atomic E-state index is 12.8. The number of hydrogen-bond donors (Lipinski definition) is 1. The summed E-state index contributed by atoms with van der Waals surface area (Å²) in [6.45, 7) is 0. The van der Waals surface area contributed by atoms with Gasteiger partial charge < -0.3 is 14.8 Å². The molecule has 8 nitrogen and oxygen atoms in total. The zero-order chi connectivity index (χ0) is 21.6. The van der Waals surface area contributed by atoms with Crippen LogP contribution in [0.1, 0.15) is 27.0 Å². The number of halogens is 1. The molecule has 152 valence electrons. The highest BCUT2D eigenvalue weighted by Gasteiger charge is 2.53. The van der Waals surface area contributed by atoms with Crippen molar-refractivity contribution in [1.82, 2.24) is 0 Å². The summed E-state index contributed by atoms with van der Waals surface area (Å²) in [5.41, 5.74) is 10.9. The highest BCUT2D eigenvalue weighted by molar-refractivity contribution is 9.09. The van der Waals surface area contributed by atoms with E-state index < -0.39 is 11.6 Å². The highest BCUT2D eigenvalue weighted by Crippen LogP contribution is 2.56. The third-order valence-electron chi connectivity index (χ3n) is 5.26. The fourth-order valence-electron chi connectivity index (χ4n) is 4.05. The first-order chi connectivity index (χ1) is 15.1. The van der Waals surface area contributed by atoms with E-state index in [1.807, 2.05) is 12.1 Å². The third kappa shape index (κ3) is 2.86. The van der Waals surface area contributed by atoms with Crippen molar-refractivity contribution in [2.45, 2.75) is 5.60 Å². The van der Waals surface area contributed by atoms with E-state index in [4.69, 9.17) is 15.0 Å². The maximum atomic E-state index is 12.8. The SMILES string of the molecule is [N-]=[N+]=Nc1ccc2c(c1)Oc1cc(NC(=O)CBr)ccc1C21OC(=O)c2ccccc21. The number of benzene rings is 3. The molecule has 1 spiro atoms. The van der Waals surface area contributed by atoms with E-state index in [1.54, 1.807) is 48.5 Å². The quantitative estimate of drug-likeness (QED) is 0.176. The Labute approximate surface area is 184 Å². The number of fused-ring (bicyclic) bond motifs is 6. The monoisotopic (exact) mass is 476 g/mol. The van der Waals surface area contributed by atoms with Gasteiger partial charge in [-0.25, -0.2) is 4.79 Å². The molecule has 0 saturated carbocycles. The number of rotatable bonds is 3. The summed E-state index contributed by atoms with van der Waals surface area (Å²) in [6, 6.07) is 17.4. The Balaban J connectivity index is 1.77. The average molecular weight is 477 g/mol. The molecule has 9 heteroatoms. The van der Waals surface area contributed by atoms with Gasteiger partial charge in [0, 0.05) is 39.0 Å². The fraction of sp³-hybridized carbons (Fsp3) is 0.0909. The van der Waals surface area contributed by atoms with E-state index in [2.05, 4.69) is 31.3 Å². The zero-order valence-corrected chi connectivity index (χ0v) is 17.4. The van der Waals surface area contributed by atoms with Gasteiger partial charge in [0.05, 0.1) is 10.9 Å².